The normalized spacial score (nSPS) is 22.8. The number of carboxylic acids is 1. The molecule has 110 valence electrons. The Morgan fingerprint density at radius 2 is 2.30 bits per heavy atom. The van der Waals surface area contributed by atoms with Crippen LogP contribution in [0.25, 0.3) is 0 Å². The van der Waals surface area contributed by atoms with Crippen molar-refractivity contribution in [1.82, 2.24) is 14.9 Å². The van der Waals surface area contributed by atoms with Crippen LogP contribution in [-0.4, -0.2) is 58.5 Å². The van der Waals surface area contributed by atoms with Gasteiger partial charge < -0.3 is 5.11 Å². The summed E-state index contributed by atoms with van der Waals surface area (Å²) in [5, 5.41) is 9.04. The van der Waals surface area contributed by atoms with E-state index in [9.17, 15) is 13.2 Å². The molecule has 1 N–H and O–H groups in total. The zero-order chi connectivity index (χ0) is 14.8. The maximum atomic E-state index is 11.6. The summed E-state index contributed by atoms with van der Waals surface area (Å²) in [6.45, 7) is 1.61. The van der Waals surface area contributed by atoms with Crippen LogP contribution in [0.5, 0.6) is 0 Å². The molecule has 7 nitrogen and oxygen atoms in total. The molecule has 1 aliphatic heterocycles. The molecule has 2 heterocycles. The molecular formula is C12H17N3O4S. The molecule has 0 radical (unpaired) electrons. The van der Waals surface area contributed by atoms with Crippen molar-refractivity contribution in [2.24, 2.45) is 0 Å². The Labute approximate surface area is 117 Å². The van der Waals surface area contributed by atoms with Crippen molar-refractivity contribution in [1.29, 1.82) is 0 Å². The summed E-state index contributed by atoms with van der Waals surface area (Å²) in [4.78, 5) is 20.8. The lowest BCUT2D eigenvalue weighted by Crippen LogP contribution is -2.41. The molecule has 20 heavy (non-hydrogen) atoms. The molecule has 1 aromatic heterocycles. The zero-order valence-corrected chi connectivity index (χ0v) is 12.0. The van der Waals surface area contributed by atoms with Crippen LogP contribution >= 0.6 is 0 Å². The smallest absolute Gasteiger partial charge is 0.317 e. The van der Waals surface area contributed by atoms with Gasteiger partial charge in [0.1, 0.15) is 0 Å². The predicted molar refractivity (Wildman–Crippen MR) is 71.8 cm³/mol. The fraction of sp³-hybridized carbons (Fsp3) is 0.583. The molecule has 1 fully saturated rings. The average Bonchev–Trinajstić information content (AvgIpc) is 2.76. The van der Waals surface area contributed by atoms with Gasteiger partial charge in [0.05, 0.1) is 29.8 Å². The largest absolute Gasteiger partial charge is 0.480 e. The van der Waals surface area contributed by atoms with Gasteiger partial charge in [-0.25, -0.2) is 8.42 Å². The summed E-state index contributed by atoms with van der Waals surface area (Å²) in [7, 11) is -3.06. The second kappa shape index (κ2) is 5.84. The van der Waals surface area contributed by atoms with Crippen LogP contribution in [0, 0.1) is 0 Å². The fourth-order valence-corrected chi connectivity index (χ4v) is 4.21. The first-order valence-electron chi connectivity index (χ1n) is 6.33. The highest BCUT2D eigenvalue weighted by atomic mass is 32.2. The predicted octanol–water partition coefficient (Wildman–Crippen LogP) is 0.111. The first-order chi connectivity index (χ1) is 9.39. The topological polar surface area (TPSA) is 100 Å². The monoisotopic (exact) mass is 299 g/mol. The van der Waals surface area contributed by atoms with E-state index in [0.717, 1.165) is 0 Å². The first-order valence-corrected chi connectivity index (χ1v) is 8.15. The van der Waals surface area contributed by atoms with Gasteiger partial charge in [0.15, 0.2) is 9.84 Å². The molecule has 0 aliphatic carbocycles. The van der Waals surface area contributed by atoms with Crippen molar-refractivity contribution in [2.75, 3.05) is 18.1 Å². The third-order valence-electron chi connectivity index (χ3n) is 3.50. The molecule has 0 amide bonds. The van der Waals surface area contributed by atoms with Crippen LogP contribution < -0.4 is 0 Å². The van der Waals surface area contributed by atoms with Crippen LogP contribution in [0.4, 0.5) is 0 Å². The van der Waals surface area contributed by atoms with Gasteiger partial charge in [-0.3, -0.25) is 19.7 Å². The lowest BCUT2D eigenvalue weighted by molar-refractivity contribution is -0.139. The van der Waals surface area contributed by atoms with Crippen molar-refractivity contribution in [3.05, 3.63) is 24.3 Å². The molecule has 2 atom stereocenters. The number of hydrogen-bond acceptors (Lipinski definition) is 6. The van der Waals surface area contributed by atoms with Gasteiger partial charge in [0.2, 0.25) is 0 Å². The molecule has 0 saturated carbocycles. The van der Waals surface area contributed by atoms with E-state index < -0.39 is 15.8 Å². The van der Waals surface area contributed by atoms with Crippen molar-refractivity contribution in [3.63, 3.8) is 0 Å². The first kappa shape index (κ1) is 14.9. The number of aliphatic carboxylic acids is 1. The summed E-state index contributed by atoms with van der Waals surface area (Å²) in [5.41, 5.74) is 0.637. The Morgan fingerprint density at radius 1 is 1.55 bits per heavy atom. The molecule has 0 aromatic carbocycles. The maximum absolute atomic E-state index is 11.6. The second-order valence-electron chi connectivity index (χ2n) is 4.93. The zero-order valence-electron chi connectivity index (χ0n) is 11.1. The average molecular weight is 299 g/mol. The van der Waals surface area contributed by atoms with Crippen LogP contribution in [0.3, 0.4) is 0 Å². The highest BCUT2D eigenvalue weighted by Gasteiger charge is 2.36. The van der Waals surface area contributed by atoms with E-state index in [1.807, 2.05) is 6.92 Å². The van der Waals surface area contributed by atoms with Crippen LogP contribution in [0.15, 0.2) is 18.6 Å². The minimum absolute atomic E-state index is 0.00484. The molecule has 2 unspecified atom stereocenters. The van der Waals surface area contributed by atoms with Crippen molar-refractivity contribution < 1.29 is 18.3 Å². The van der Waals surface area contributed by atoms with Gasteiger partial charge in [-0.05, 0) is 13.3 Å². The van der Waals surface area contributed by atoms with Crippen LogP contribution in [0.2, 0.25) is 0 Å². The van der Waals surface area contributed by atoms with E-state index in [-0.39, 0.29) is 30.1 Å². The highest BCUT2D eigenvalue weighted by molar-refractivity contribution is 7.91. The Bertz CT molecular complexity index is 576. The summed E-state index contributed by atoms with van der Waals surface area (Å²) in [6.07, 6.45) is 5.11. The SMILES string of the molecule is CC(c1cnccn1)N(CC(=O)O)C1CCS(=O)(=O)C1. The van der Waals surface area contributed by atoms with Crippen LogP contribution in [0.1, 0.15) is 25.1 Å². The van der Waals surface area contributed by atoms with Crippen molar-refractivity contribution >= 4 is 15.8 Å². The Balaban J connectivity index is 2.22. The van der Waals surface area contributed by atoms with Crippen molar-refractivity contribution in [3.8, 4) is 0 Å². The number of hydrogen-bond donors (Lipinski definition) is 1. The number of carboxylic acid groups (broad SMARTS) is 1. The van der Waals surface area contributed by atoms with E-state index in [0.29, 0.717) is 12.1 Å². The third kappa shape index (κ3) is 3.51. The highest BCUT2D eigenvalue weighted by Crippen LogP contribution is 2.26. The standard InChI is InChI=1S/C12H17N3O4S/c1-9(11-6-13-3-4-14-11)15(7-12(16)17)10-2-5-20(18,19)8-10/h3-4,6,9-10H,2,5,7-8H2,1H3,(H,16,17). The number of sulfone groups is 1. The molecule has 0 spiro atoms. The number of carbonyl (C=O) groups is 1. The number of nitrogens with zero attached hydrogens (tertiary/aromatic N) is 3. The summed E-state index contributed by atoms with van der Waals surface area (Å²) < 4.78 is 23.2. The molecule has 0 bridgehead atoms. The van der Waals surface area contributed by atoms with E-state index in [4.69, 9.17) is 5.11 Å². The van der Waals surface area contributed by atoms with Gasteiger partial charge in [0, 0.05) is 24.6 Å². The number of aromatic nitrogens is 2. The molecule has 2 rings (SSSR count). The lowest BCUT2D eigenvalue weighted by atomic mass is 10.1. The van der Waals surface area contributed by atoms with E-state index >= 15 is 0 Å². The van der Waals surface area contributed by atoms with Gasteiger partial charge >= 0.3 is 5.97 Å². The summed E-state index contributed by atoms with van der Waals surface area (Å²) >= 11 is 0. The third-order valence-corrected chi connectivity index (χ3v) is 5.25. The van der Waals surface area contributed by atoms with E-state index in [2.05, 4.69) is 9.97 Å². The lowest BCUT2D eigenvalue weighted by Gasteiger charge is -2.31. The molecule has 8 heteroatoms. The quantitative estimate of drug-likeness (QED) is 0.823. The maximum Gasteiger partial charge on any atom is 0.317 e. The molecule has 1 aromatic rings. The Hall–Kier alpha value is -1.54. The van der Waals surface area contributed by atoms with Gasteiger partial charge in [-0.2, -0.15) is 0 Å². The summed E-state index contributed by atoms with van der Waals surface area (Å²) in [5.74, 6) is -0.865. The minimum Gasteiger partial charge on any atom is -0.480 e. The molecule has 1 saturated heterocycles. The number of rotatable bonds is 5. The summed E-state index contributed by atoms with van der Waals surface area (Å²) in [6, 6.07) is -0.578. The second-order valence-corrected chi connectivity index (χ2v) is 7.16. The van der Waals surface area contributed by atoms with Crippen molar-refractivity contribution in [2.45, 2.75) is 25.4 Å². The fourth-order valence-electron chi connectivity index (χ4n) is 2.47. The van der Waals surface area contributed by atoms with Gasteiger partial charge in [0.25, 0.3) is 0 Å². The Morgan fingerprint density at radius 3 is 2.80 bits per heavy atom. The van der Waals surface area contributed by atoms with Gasteiger partial charge in [-0.15, -0.1) is 0 Å². The van der Waals surface area contributed by atoms with E-state index in [1.54, 1.807) is 11.1 Å². The molecular weight excluding hydrogens is 282 g/mol. The van der Waals surface area contributed by atoms with Gasteiger partial charge in [-0.1, -0.05) is 0 Å². The minimum atomic E-state index is -3.06. The Kier molecular flexibility index (Phi) is 4.34. The molecule has 1 aliphatic rings. The van der Waals surface area contributed by atoms with Crippen LogP contribution in [-0.2, 0) is 14.6 Å². The van der Waals surface area contributed by atoms with E-state index in [1.165, 1.54) is 12.4 Å².